The third-order valence-corrected chi connectivity index (χ3v) is 1.88. The Morgan fingerprint density at radius 3 is 2.77 bits per heavy atom. The number of nitrogens with zero attached hydrogens (tertiary/aromatic N) is 2. The van der Waals surface area contributed by atoms with E-state index in [4.69, 9.17) is 5.26 Å². The second-order valence-corrected chi connectivity index (χ2v) is 3.09. The Morgan fingerprint density at radius 1 is 1.46 bits per heavy atom. The normalized spacial score (nSPS) is 9.31. The van der Waals surface area contributed by atoms with Gasteiger partial charge in [0.2, 0.25) is 0 Å². The van der Waals surface area contributed by atoms with Gasteiger partial charge in [-0.1, -0.05) is 19.1 Å². The summed E-state index contributed by atoms with van der Waals surface area (Å²) in [6.45, 7) is 4.89. The van der Waals surface area contributed by atoms with Gasteiger partial charge in [-0.25, -0.2) is 0 Å². The summed E-state index contributed by atoms with van der Waals surface area (Å²) >= 11 is 0. The number of nitriles is 1. The molecule has 1 aromatic carbocycles. The van der Waals surface area contributed by atoms with Gasteiger partial charge >= 0.3 is 0 Å². The first kappa shape index (κ1) is 9.60. The van der Waals surface area contributed by atoms with E-state index in [1.54, 1.807) is 4.90 Å². The average Bonchev–Trinajstić information content (AvgIpc) is 2.14. The highest BCUT2D eigenvalue weighted by molar-refractivity contribution is 5.51. The van der Waals surface area contributed by atoms with Crippen molar-refractivity contribution in [3.8, 4) is 6.19 Å². The molecule has 0 saturated carbocycles. The smallest absolute Gasteiger partial charge is 0.184 e. The maximum Gasteiger partial charge on any atom is 0.184 e. The second kappa shape index (κ2) is 4.51. The first-order chi connectivity index (χ1) is 6.27. The van der Waals surface area contributed by atoms with Crippen molar-refractivity contribution in [3.63, 3.8) is 0 Å². The van der Waals surface area contributed by atoms with Crippen LogP contribution in [0.25, 0.3) is 0 Å². The molecule has 1 aromatic rings. The quantitative estimate of drug-likeness (QED) is 0.520. The zero-order valence-corrected chi connectivity index (χ0v) is 8.12. The van der Waals surface area contributed by atoms with Crippen LogP contribution >= 0.6 is 0 Å². The van der Waals surface area contributed by atoms with Gasteiger partial charge in [0.25, 0.3) is 0 Å². The van der Waals surface area contributed by atoms with Crippen LogP contribution in [0.3, 0.4) is 0 Å². The first-order valence-corrected chi connectivity index (χ1v) is 4.52. The summed E-state index contributed by atoms with van der Waals surface area (Å²) in [6, 6.07) is 8.00. The molecule has 0 radical (unpaired) electrons. The molecule has 0 aliphatic rings. The largest absolute Gasteiger partial charge is 0.279 e. The van der Waals surface area contributed by atoms with Gasteiger partial charge in [-0.05, 0) is 31.0 Å². The zero-order chi connectivity index (χ0) is 9.68. The summed E-state index contributed by atoms with van der Waals surface area (Å²) in [6.07, 6.45) is 3.17. The Labute approximate surface area is 79.4 Å². The van der Waals surface area contributed by atoms with E-state index in [1.165, 1.54) is 5.56 Å². The lowest BCUT2D eigenvalue weighted by Gasteiger charge is -2.14. The van der Waals surface area contributed by atoms with Crippen molar-refractivity contribution in [2.75, 3.05) is 11.4 Å². The Hall–Kier alpha value is -1.49. The topological polar surface area (TPSA) is 27.0 Å². The van der Waals surface area contributed by atoms with Gasteiger partial charge in [-0.2, -0.15) is 5.26 Å². The molecule has 0 aliphatic heterocycles. The molecular formula is C11H14N2. The highest BCUT2D eigenvalue weighted by Crippen LogP contribution is 2.14. The molecule has 1 rings (SSSR count). The number of hydrogen-bond donors (Lipinski definition) is 0. The lowest BCUT2D eigenvalue weighted by Crippen LogP contribution is -2.16. The van der Waals surface area contributed by atoms with E-state index in [9.17, 15) is 0 Å². The van der Waals surface area contributed by atoms with Crippen LogP contribution in [-0.4, -0.2) is 6.54 Å². The first-order valence-electron chi connectivity index (χ1n) is 4.52. The van der Waals surface area contributed by atoms with Crippen LogP contribution < -0.4 is 4.90 Å². The van der Waals surface area contributed by atoms with Crippen LogP contribution in [0.5, 0.6) is 0 Å². The molecule has 68 valence electrons. The van der Waals surface area contributed by atoms with E-state index < -0.39 is 0 Å². The van der Waals surface area contributed by atoms with Crippen molar-refractivity contribution in [1.82, 2.24) is 0 Å². The minimum absolute atomic E-state index is 0.792. The number of anilines is 1. The van der Waals surface area contributed by atoms with Crippen molar-refractivity contribution < 1.29 is 0 Å². The van der Waals surface area contributed by atoms with E-state index in [0.717, 1.165) is 18.7 Å². The molecule has 0 bridgehead atoms. The summed E-state index contributed by atoms with van der Waals surface area (Å²) in [5, 5.41) is 8.88. The minimum atomic E-state index is 0.792. The maximum absolute atomic E-state index is 8.88. The predicted octanol–water partition coefficient (Wildman–Crippen LogP) is 2.69. The number of hydrogen-bond acceptors (Lipinski definition) is 2. The zero-order valence-electron chi connectivity index (χ0n) is 8.12. The third-order valence-electron chi connectivity index (χ3n) is 1.88. The van der Waals surface area contributed by atoms with Crippen molar-refractivity contribution in [3.05, 3.63) is 29.8 Å². The third kappa shape index (κ3) is 2.48. The SMILES string of the molecule is CCCN(C#N)c1cccc(C)c1. The molecule has 0 heterocycles. The Balaban J connectivity index is 2.86. The van der Waals surface area contributed by atoms with E-state index in [0.29, 0.717) is 0 Å². The summed E-state index contributed by atoms with van der Waals surface area (Å²) in [5.74, 6) is 0. The van der Waals surface area contributed by atoms with Gasteiger partial charge < -0.3 is 0 Å². The van der Waals surface area contributed by atoms with Gasteiger partial charge in [0.05, 0.1) is 5.69 Å². The van der Waals surface area contributed by atoms with Gasteiger partial charge in [0.15, 0.2) is 6.19 Å². The summed E-state index contributed by atoms with van der Waals surface area (Å²) in [5.41, 5.74) is 2.18. The fourth-order valence-corrected chi connectivity index (χ4v) is 1.26. The molecule has 0 unspecified atom stereocenters. The van der Waals surface area contributed by atoms with E-state index in [-0.39, 0.29) is 0 Å². The van der Waals surface area contributed by atoms with Crippen molar-refractivity contribution in [1.29, 1.82) is 5.26 Å². The molecule has 0 amide bonds. The van der Waals surface area contributed by atoms with Crippen molar-refractivity contribution >= 4 is 5.69 Å². The van der Waals surface area contributed by atoms with Crippen LogP contribution in [0.2, 0.25) is 0 Å². The molecule has 0 atom stereocenters. The summed E-state index contributed by atoms with van der Waals surface area (Å²) < 4.78 is 0. The second-order valence-electron chi connectivity index (χ2n) is 3.09. The number of aryl methyl sites for hydroxylation is 1. The molecule has 13 heavy (non-hydrogen) atoms. The monoisotopic (exact) mass is 174 g/mol. The maximum atomic E-state index is 8.88. The van der Waals surface area contributed by atoms with Crippen molar-refractivity contribution in [2.24, 2.45) is 0 Å². The fraction of sp³-hybridized carbons (Fsp3) is 0.364. The molecule has 2 heteroatoms. The van der Waals surface area contributed by atoms with Crippen molar-refractivity contribution in [2.45, 2.75) is 20.3 Å². The highest BCUT2D eigenvalue weighted by Gasteiger charge is 2.02. The van der Waals surface area contributed by atoms with Crippen LogP contribution in [0, 0.1) is 18.4 Å². The van der Waals surface area contributed by atoms with E-state index in [1.807, 2.05) is 31.2 Å². The van der Waals surface area contributed by atoms with Gasteiger partial charge in [0, 0.05) is 6.54 Å². The Morgan fingerprint density at radius 2 is 2.23 bits per heavy atom. The molecule has 0 aromatic heterocycles. The minimum Gasteiger partial charge on any atom is -0.279 e. The standard InChI is InChI=1S/C11H14N2/c1-3-7-13(9-12)11-6-4-5-10(2)8-11/h4-6,8H,3,7H2,1-2H3. The number of benzene rings is 1. The average molecular weight is 174 g/mol. The molecular weight excluding hydrogens is 160 g/mol. The lowest BCUT2D eigenvalue weighted by molar-refractivity contribution is 0.887. The molecule has 0 spiro atoms. The fourth-order valence-electron chi connectivity index (χ4n) is 1.26. The Bertz CT molecular complexity index is 312. The molecule has 0 fully saturated rings. The van der Waals surface area contributed by atoms with Crippen LogP contribution in [-0.2, 0) is 0 Å². The van der Waals surface area contributed by atoms with Gasteiger partial charge in [-0.3, -0.25) is 4.90 Å². The lowest BCUT2D eigenvalue weighted by atomic mass is 10.2. The molecule has 0 aliphatic carbocycles. The van der Waals surface area contributed by atoms with Crippen LogP contribution in [0.4, 0.5) is 5.69 Å². The number of rotatable bonds is 3. The van der Waals surface area contributed by atoms with Crippen LogP contribution in [0.1, 0.15) is 18.9 Å². The highest BCUT2D eigenvalue weighted by atomic mass is 15.1. The summed E-state index contributed by atoms with van der Waals surface area (Å²) in [7, 11) is 0. The molecule has 0 saturated heterocycles. The van der Waals surface area contributed by atoms with E-state index in [2.05, 4.69) is 13.1 Å². The predicted molar refractivity (Wildman–Crippen MR) is 54.4 cm³/mol. The van der Waals surface area contributed by atoms with Gasteiger partial charge in [0.1, 0.15) is 0 Å². The Kier molecular flexibility index (Phi) is 3.33. The summed E-state index contributed by atoms with van der Waals surface area (Å²) in [4.78, 5) is 1.72. The van der Waals surface area contributed by atoms with Gasteiger partial charge in [-0.15, -0.1) is 0 Å². The van der Waals surface area contributed by atoms with Crippen LogP contribution in [0.15, 0.2) is 24.3 Å². The molecule has 2 nitrogen and oxygen atoms in total. The van der Waals surface area contributed by atoms with E-state index >= 15 is 0 Å². The molecule has 0 N–H and O–H groups in total.